The quantitative estimate of drug-likeness (QED) is 0.404. The lowest BCUT2D eigenvalue weighted by atomic mass is 10.0. The van der Waals surface area contributed by atoms with Crippen LogP contribution in [0.5, 0.6) is 0 Å². The maximum atomic E-state index is 13.2. The molecule has 0 spiro atoms. The van der Waals surface area contributed by atoms with E-state index in [1.54, 1.807) is 13.8 Å². The molecule has 1 amide bonds. The maximum absolute atomic E-state index is 13.2. The number of hydrogen-bond donors (Lipinski definition) is 1. The summed E-state index contributed by atoms with van der Waals surface area (Å²) < 4.78 is 33.1. The van der Waals surface area contributed by atoms with Gasteiger partial charge in [-0.2, -0.15) is 4.31 Å². The van der Waals surface area contributed by atoms with Crippen molar-refractivity contribution in [1.29, 1.82) is 0 Å². The summed E-state index contributed by atoms with van der Waals surface area (Å²) in [5.41, 5.74) is 2.54. The van der Waals surface area contributed by atoms with Gasteiger partial charge in [0.1, 0.15) is 5.00 Å². The van der Waals surface area contributed by atoms with Gasteiger partial charge in [0.2, 0.25) is 10.0 Å². The summed E-state index contributed by atoms with van der Waals surface area (Å²) in [6, 6.07) is 15.3. The summed E-state index contributed by atoms with van der Waals surface area (Å²) in [4.78, 5) is 29.1. The van der Waals surface area contributed by atoms with Crippen LogP contribution in [-0.2, 0) is 34.3 Å². The third-order valence-electron chi connectivity index (χ3n) is 6.26. The fraction of sp³-hybridized carbons (Fsp3) is 0.333. The number of hydrogen-bond acceptors (Lipinski definition) is 7. The molecule has 3 aromatic rings. The van der Waals surface area contributed by atoms with Crippen molar-refractivity contribution in [3.63, 3.8) is 0 Å². The molecule has 0 aliphatic carbocycles. The third-order valence-corrected chi connectivity index (χ3v) is 9.33. The molecule has 8 nitrogen and oxygen atoms in total. The number of nitrogens with zero attached hydrogens (tertiary/aromatic N) is 2. The SMILES string of the molecule is CCOC(=O)c1c(NC(=O)c2ccc(S(=O)(=O)N(CC)Cc3ccccc3)cc2)sc2c1CCN(C)C2. The van der Waals surface area contributed by atoms with Gasteiger partial charge < -0.3 is 15.0 Å². The van der Waals surface area contributed by atoms with Gasteiger partial charge in [-0.25, -0.2) is 13.2 Å². The first-order chi connectivity index (χ1) is 17.7. The summed E-state index contributed by atoms with van der Waals surface area (Å²) in [5.74, 6) is -0.863. The van der Waals surface area contributed by atoms with Crippen molar-refractivity contribution < 1.29 is 22.7 Å². The van der Waals surface area contributed by atoms with Crippen LogP contribution in [0.4, 0.5) is 5.00 Å². The van der Waals surface area contributed by atoms with Gasteiger partial charge in [-0.15, -0.1) is 11.3 Å². The number of ether oxygens (including phenoxy) is 1. The average Bonchev–Trinajstić information content (AvgIpc) is 3.24. The number of carbonyl (C=O) groups is 2. The molecule has 1 aliphatic rings. The standard InChI is InChI=1S/C27H31N3O5S2/c1-4-30(17-19-9-7-6-8-10-19)37(33,34)21-13-11-20(12-14-21)25(31)28-26-24(27(32)35-5-2)22-15-16-29(3)18-23(22)36-26/h6-14H,4-5,15-18H2,1-3H3,(H,28,31). The highest BCUT2D eigenvalue weighted by Crippen LogP contribution is 2.37. The molecule has 2 aromatic carbocycles. The minimum atomic E-state index is -3.74. The Balaban J connectivity index is 1.54. The van der Waals surface area contributed by atoms with Gasteiger partial charge in [-0.1, -0.05) is 37.3 Å². The van der Waals surface area contributed by atoms with E-state index >= 15 is 0 Å². The number of amides is 1. The minimum absolute atomic E-state index is 0.115. The number of fused-ring (bicyclic) bond motifs is 1. The van der Waals surface area contributed by atoms with Crippen molar-refractivity contribution in [2.45, 2.75) is 38.3 Å². The first kappa shape index (κ1) is 27.0. The van der Waals surface area contributed by atoms with E-state index in [1.807, 2.05) is 37.4 Å². The summed E-state index contributed by atoms with van der Waals surface area (Å²) in [6.45, 7) is 5.88. The Morgan fingerprint density at radius 2 is 1.78 bits per heavy atom. The van der Waals surface area contributed by atoms with Crippen LogP contribution in [0.15, 0.2) is 59.5 Å². The van der Waals surface area contributed by atoms with E-state index in [-0.39, 0.29) is 18.0 Å². The van der Waals surface area contributed by atoms with Crippen molar-refractivity contribution in [3.8, 4) is 0 Å². The van der Waals surface area contributed by atoms with Gasteiger partial charge in [0.15, 0.2) is 0 Å². The minimum Gasteiger partial charge on any atom is -0.462 e. The number of benzene rings is 2. The van der Waals surface area contributed by atoms with Crippen molar-refractivity contribution in [2.24, 2.45) is 0 Å². The van der Waals surface area contributed by atoms with E-state index in [0.29, 0.717) is 35.6 Å². The van der Waals surface area contributed by atoms with Crippen LogP contribution in [0.25, 0.3) is 0 Å². The van der Waals surface area contributed by atoms with E-state index in [1.165, 1.54) is 39.9 Å². The summed E-state index contributed by atoms with van der Waals surface area (Å²) >= 11 is 1.38. The number of rotatable bonds is 9. The van der Waals surface area contributed by atoms with Crippen LogP contribution in [-0.4, -0.2) is 56.2 Å². The Morgan fingerprint density at radius 3 is 2.43 bits per heavy atom. The van der Waals surface area contributed by atoms with Gasteiger partial charge in [0.25, 0.3) is 5.91 Å². The molecule has 37 heavy (non-hydrogen) atoms. The molecule has 1 aromatic heterocycles. The molecule has 0 saturated heterocycles. The van der Waals surface area contributed by atoms with Crippen molar-refractivity contribution in [2.75, 3.05) is 32.1 Å². The number of thiophene rings is 1. The summed E-state index contributed by atoms with van der Waals surface area (Å²) in [5, 5.41) is 3.32. The molecule has 0 radical (unpaired) electrons. The van der Waals surface area contributed by atoms with Crippen LogP contribution < -0.4 is 5.32 Å². The van der Waals surface area contributed by atoms with Crippen molar-refractivity contribution >= 4 is 38.2 Å². The fourth-order valence-corrected chi connectivity index (χ4v) is 7.04. The Hall–Kier alpha value is -3.05. The molecule has 4 rings (SSSR count). The lowest BCUT2D eigenvalue weighted by molar-refractivity contribution is 0.0526. The molecule has 10 heteroatoms. The second kappa shape index (κ2) is 11.6. The molecule has 196 valence electrons. The molecular formula is C27H31N3O5S2. The van der Waals surface area contributed by atoms with Crippen molar-refractivity contribution in [3.05, 3.63) is 81.7 Å². The highest BCUT2D eigenvalue weighted by atomic mass is 32.2. The first-order valence-corrected chi connectivity index (χ1v) is 14.5. The Kier molecular flexibility index (Phi) is 8.43. The predicted octanol–water partition coefficient (Wildman–Crippen LogP) is 4.38. The van der Waals surface area contributed by atoms with E-state index in [4.69, 9.17) is 4.74 Å². The number of likely N-dealkylation sites (N-methyl/N-ethyl adjacent to an activating group) is 1. The normalized spacial score (nSPS) is 13.8. The van der Waals surface area contributed by atoms with Crippen LogP contribution in [0, 0.1) is 0 Å². The zero-order chi connectivity index (χ0) is 26.6. The second-order valence-electron chi connectivity index (χ2n) is 8.81. The number of carbonyl (C=O) groups excluding carboxylic acids is 2. The van der Waals surface area contributed by atoms with Gasteiger partial charge >= 0.3 is 5.97 Å². The van der Waals surface area contributed by atoms with Crippen LogP contribution in [0.3, 0.4) is 0 Å². The Labute approximate surface area is 221 Å². The molecule has 1 aliphatic heterocycles. The molecule has 0 saturated carbocycles. The molecule has 0 atom stereocenters. The molecule has 0 fully saturated rings. The van der Waals surface area contributed by atoms with Gasteiger partial charge in [-0.3, -0.25) is 4.79 Å². The molecular weight excluding hydrogens is 510 g/mol. The van der Waals surface area contributed by atoms with E-state index in [0.717, 1.165) is 22.5 Å². The predicted molar refractivity (Wildman–Crippen MR) is 144 cm³/mol. The van der Waals surface area contributed by atoms with Gasteiger partial charge in [-0.05, 0) is 55.8 Å². The zero-order valence-corrected chi connectivity index (χ0v) is 22.8. The maximum Gasteiger partial charge on any atom is 0.341 e. The van der Waals surface area contributed by atoms with Gasteiger partial charge in [0, 0.05) is 36.6 Å². The molecule has 0 unspecified atom stereocenters. The second-order valence-corrected chi connectivity index (χ2v) is 11.9. The highest BCUT2D eigenvalue weighted by Gasteiger charge is 2.29. The third kappa shape index (κ3) is 5.93. The summed E-state index contributed by atoms with van der Waals surface area (Å²) in [7, 11) is -1.73. The smallest absolute Gasteiger partial charge is 0.341 e. The molecule has 2 heterocycles. The lowest BCUT2D eigenvalue weighted by Crippen LogP contribution is -2.30. The van der Waals surface area contributed by atoms with Crippen LogP contribution >= 0.6 is 11.3 Å². The number of nitrogens with one attached hydrogen (secondary N) is 1. The summed E-state index contributed by atoms with van der Waals surface area (Å²) in [6.07, 6.45) is 0.704. The fourth-order valence-electron chi connectivity index (χ4n) is 4.29. The van der Waals surface area contributed by atoms with E-state index in [2.05, 4.69) is 10.2 Å². The number of esters is 1. The Morgan fingerprint density at radius 1 is 1.08 bits per heavy atom. The van der Waals surface area contributed by atoms with E-state index in [9.17, 15) is 18.0 Å². The highest BCUT2D eigenvalue weighted by molar-refractivity contribution is 7.89. The molecule has 0 bridgehead atoms. The largest absolute Gasteiger partial charge is 0.462 e. The van der Waals surface area contributed by atoms with Crippen LogP contribution in [0.2, 0.25) is 0 Å². The van der Waals surface area contributed by atoms with Crippen molar-refractivity contribution in [1.82, 2.24) is 9.21 Å². The topological polar surface area (TPSA) is 96.0 Å². The number of anilines is 1. The average molecular weight is 542 g/mol. The monoisotopic (exact) mass is 541 g/mol. The van der Waals surface area contributed by atoms with Gasteiger partial charge in [0.05, 0.1) is 17.1 Å². The Bertz CT molecular complexity index is 1370. The first-order valence-electron chi connectivity index (χ1n) is 12.2. The lowest BCUT2D eigenvalue weighted by Gasteiger charge is -2.22. The van der Waals surface area contributed by atoms with E-state index < -0.39 is 21.9 Å². The number of sulfonamides is 1. The zero-order valence-electron chi connectivity index (χ0n) is 21.2. The van der Waals surface area contributed by atoms with Crippen LogP contribution in [0.1, 0.15) is 50.6 Å². The molecule has 1 N–H and O–H groups in total.